The summed E-state index contributed by atoms with van der Waals surface area (Å²) >= 11 is 0. The Morgan fingerprint density at radius 3 is 1.58 bits per heavy atom. The summed E-state index contributed by atoms with van der Waals surface area (Å²) in [5.41, 5.74) is 1.25. The molecule has 3 heteroatoms. The van der Waals surface area contributed by atoms with E-state index in [1.54, 1.807) is 7.11 Å². The van der Waals surface area contributed by atoms with Gasteiger partial charge in [-0.1, -0.05) is 73.1 Å². The molecule has 1 rings (SSSR count). The molecule has 0 N–H and O–H groups in total. The molecule has 0 atom stereocenters. The zero-order valence-electron chi connectivity index (χ0n) is 18.4. The maximum Gasteiger partial charge on any atom is 0.119 e. The molecule has 0 heterocycles. The topological polar surface area (TPSA) is 21.7 Å². The number of likely N-dealkylation sites (N-methyl/N-ethyl adjacent to an activating group) is 1. The van der Waals surface area contributed by atoms with E-state index in [2.05, 4.69) is 31.0 Å². The van der Waals surface area contributed by atoms with Crippen molar-refractivity contribution in [3.8, 4) is 5.75 Å². The van der Waals surface area contributed by atoms with Gasteiger partial charge >= 0.3 is 0 Å². The molecule has 0 saturated carbocycles. The largest absolute Gasteiger partial charge is 0.492 e. The van der Waals surface area contributed by atoms with E-state index >= 15 is 0 Å². The van der Waals surface area contributed by atoms with Crippen LogP contribution in [-0.4, -0.2) is 45.4 Å². The van der Waals surface area contributed by atoms with Gasteiger partial charge < -0.3 is 14.4 Å². The van der Waals surface area contributed by atoms with Crippen molar-refractivity contribution in [2.24, 2.45) is 0 Å². The minimum Gasteiger partial charge on any atom is -0.492 e. The van der Waals surface area contributed by atoms with Crippen LogP contribution in [0.1, 0.15) is 61.0 Å². The molecule has 0 unspecified atom stereocenters. The second-order valence-corrected chi connectivity index (χ2v) is 3.96. The maximum atomic E-state index is 5.63. The van der Waals surface area contributed by atoms with Gasteiger partial charge in [0.2, 0.25) is 0 Å². The van der Waals surface area contributed by atoms with E-state index in [0.717, 1.165) is 25.4 Å². The molecule has 24 heavy (non-hydrogen) atoms. The molecule has 0 aliphatic carbocycles. The SMILES string of the molecule is CC.CC.CC.CC.COCCN(C)CCOc1ccc(C)cc1. The minimum atomic E-state index is 0.712. The number of rotatable bonds is 7. The molecular weight excluding hydrogens is 298 g/mol. The van der Waals surface area contributed by atoms with E-state index in [9.17, 15) is 0 Å². The number of ether oxygens (including phenoxy) is 2. The summed E-state index contributed by atoms with van der Waals surface area (Å²) < 4.78 is 10.6. The monoisotopic (exact) mass is 343 g/mol. The molecule has 0 amide bonds. The van der Waals surface area contributed by atoms with Crippen LogP contribution in [0.5, 0.6) is 5.75 Å². The average molecular weight is 344 g/mol. The summed E-state index contributed by atoms with van der Waals surface area (Å²) in [7, 11) is 3.79. The Kier molecular flexibility index (Phi) is 38.3. The molecule has 0 radical (unpaired) electrons. The van der Waals surface area contributed by atoms with E-state index in [0.29, 0.717) is 6.61 Å². The second-order valence-electron chi connectivity index (χ2n) is 3.96. The van der Waals surface area contributed by atoms with Gasteiger partial charge in [0.15, 0.2) is 0 Å². The molecule has 0 spiro atoms. The highest BCUT2D eigenvalue weighted by Gasteiger charge is 1.98. The van der Waals surface area contributed by atoms with Crippen molar-refractivity contribution in [1.82, 2.24) is 4.90 Å². The van der Waals surface area contributed by atoms with Crippen molar-refractivity contribution in [3.63, 3.8) is 0 Å². The molecule has 0 aliphatic rings. The summed E-state index contributed by atoms with van der Waals surface area (Å²) in [6.45, 7) is 21.4. The van der Waals surface area contributed by atoms with Crippen LogP contribution in [0.2, 0.25) is 0 Å². The molecule has 1 aromatic rings. The quantitative estimate of drug-likeness (QED) is 0.601. The molecule has 0 aromatic heterocycles. The van der Waals surface area contributed by atoms with Crippen LogP contribution in [0.15, 0.2) is 24.3 Å². The first kappa shape index (κ1) is 30.8. The van der Waals surface area contributed by atoms with E-state index < -0.39 is 0 Å². The summed E-state index contributed by atoms with van der Waals surface area (Å²) in [6.07, 6.45) is 0. The smallest absolute Gasteiger partial charge is 0.119 e. The molecule has 0 fully saturated rings. The Morgan fingerprint density at radius 2 is 1.17 bits per heavy atom. The highest BCUT2D eigenvalue weighted by molar-refractivity contribution is 5.26. The normalized spacial score (nSPS) is 8.17. The Morgan fingerprint density at radius 1 is 0.750 bits per heavy atom. The third kappa shape index (κ3) is 23.2. The summed E-state index contributed by atoms with van der Waals surface area (Å²) in [5.74, 6) is 0.936. The highest BCUT2D eigenvalue weighted by Crippen LogP contribution is 2.10. The van der Waals surface area contributed by atoms with E-state index in [4.69, 9.17) is 9.47 Å². The zero-order valence-corrected chi connectivity index (χ0v) is 18.4. The third-order valence-electron chi connectivity index (χ3n) is 2.44. The Hall–Kier alpha value is -1.06. The van der Waals surface area contributed by atoms with E-state index in [1.807, 2.05) is 67.5 Å². The number of hydrogen-bond acceptors (Lipinski definition) is 3. The molecular formula is C21H45NO2. The maximum absolute atomic E-state index is 5.63. The number of nitrogens with zero attached hydrogens (tertiary/aromatic N) is 1. The van der Waals surface area contributed by atoms with Crippen LogP contribution < -0.4 is 4.74 Å². The second kappa shape index (κ2) is 29.9. The summed E-state index contributed by atoms with van der Waals surface area (Å²) in [6, 6.07) is 8.13. The van der Waals surface area contributed by atoms with Gasteiger partial charge in [-0.05, 0) is 26.1 Å². The number of methoxy groups -OCH3 is 1. The van der Waals surface area contributed by atoms with E-state index in [-0.39, 0.29) is 0 Å². The first-order valence-electron chi connectivity index (χ1n) is 9.59. The first-order chi connectivity index (χ1) is 11.7. The van der Waals surface area contributed by atoms with Crippen molar-refractivity contribution in [2.75, 3.05) is 40.5 Å². The Bertz CT molecular complexity index is 286. The van der Waals surface area contributed by atoms with Crippen molar-refractivity contribution in [1.29, 1.82) is 0 Å². The summed E-state index contributed by atoms with van der Waals surface area (Å²) in [4.78, 5) is 2.19. The van der Waals surface area contributed by atoms with Gasteiger partial charge in [0.25, 0.3) is 0 Å². The van der Waals surface area contributed by atoms with Gasteiger partial charge in [0.1, 0.15) is 12.4 Å². The lowest BCUT2D eigenvalue weighted by Gasteiger charge is -2.16. The molecule has 0 saturated heterocycles. The fraction of sp³-hybridized carbons (Fsp3) is 0.714. The van der Waals surface area contributed by atoms with Crippen LogP contribution in [0.25, 0.3) is 0 Å². The Balaban J connectivity index is -0.000000218. The van der Waals surface area contributed by atoms with Crippen molar-refractivity contribution in [3.05, 3.63) is 29.8 Å². The van der Waals surface area contributed by atoms with Gasteiger partial charge in [-0.2, -0.15) is 0 Å². The molecule has 0 aliphatic heterocycles. The standard InChI is InChI=1S/C13H21NO2.4C2H6/c1-12-4-6-13(7-5-12)16-11-9-14(2)8-10-15-3;4*1-2/h4-7H,8-11H2,1-3H3;4*1-2H3. The van der Waals surface area contributed by atoms with Crippen LogP contribution in [0.3, 0.4) is 0 Å². The van der Waals surface area contributed by atoms with Crippen LogP contribution in [0.4, 0.5) is 0 Å². The molecule has 0 bridgehead atoms. The fourth-order valence-corrected chi connectivity index (χ4v) is 1.31. The number of benzene rings is 1. The van der Waals surface area contributed by atoms with Gasteiger partial charge in [0.05, 0.1) is 6.61 Å². The molecule has 1 aromatic carbocycles. The molecule has 3 nitrogen and oxygen atoms in total. The first-order valence-corrected chi connectivity index (χ1v) is 9.59. The van der Waals surface area contributed by atoms with Crippen molar-refractivity contribution >= 4 is 0 Å². The zero-order chi connectivity index (χ0) is 19.8. The lowest BCUT2D eigenvalue weighted by atomic mass is 10.2. The number of aryl methyl sites for hydroxylation is 1. The Labute approximate surface area is 153 Å². The van der Waals surface area contributed by atoms with Crippen LogP contribution in [-0.2, 0) is 4.74 Å². The van der Waals surface area contributed by atoms with E-state index in [1.165, 1.54) is 5.56 Å². The van der Waals surface area contributed by atoms with Crippen molar-refractivity contribution in [2.45, 2.75) is 62.3 Å². The molecule has 146 valence electrons. The third-order valence-corrected chi connectivity index (χ3v) is 2.44. The number of hydrogen-bond donors (Lipinski definition) is 0. The minimum absolute atomic E-state index is 0.712. The van der Waals surface area contributed by atoms with Crippen molar-refractivity contribution < 1.29 is 9.47 Å². The predicted molar refractivity (Wildman–Crippen MR) is 111 cm³/mol. The predicted octanol–water partition coefficient (Wildman–Crippen LogP) is 6.06. The lowest BCUT2D eigenvalue weighted by Crippen LogP contribution is -2.27. The van der Waals surface area contributed by atoms with Crippen LogP contribution >= 0.6 is 0 Å². The van der Waals surface area contributed by atoms with Crippen LogP contribution in [0, 0.1) is 6.92 Å². The van der Waals surface area contributed by atoms with Gasteiger partial charge in [-0.15, -0.1) is 0 Å². The average Bonchev–Trinajstić information content (AvgIpc) is 2.68. The highest BCUT2D eigenvalue weighted by atomic mass is 16.5. The van der Waals surface area contributed by atoms with Gasteiger partial charge in [-0.25, -0.2) is 0 Å². The van der Waals surface area contributed by atoms with Gasteiger partial charge in [0, 0.05) is 20.2 Å². The fourth-order valence-electron chi connectivity index (χ4n) is 1.31. The van der Waals surface area contributed by atoms with Gasteiger partial charge in [-0.3, -0.25) is 0 Å². The lowest BCUT2D eigenvalue weighted by molar-refractivity contribution is 0.150. The summed E-state index contributed by atoms with van der Waals surface area (Å²) in [5, 5.41) is 0.